The van der Waals surface area contributed by atoms with E-state index in [1.807, 2.05) is 17.0 Å². The Balaban J connectivity index is 2.18. The van der Waals surface area contributed by atoms with E-state index < -0.39 is 0 Å². The molecule has 0 radical (unpaired) electrons. The molecule has 4 heteroatoms. The van der Waals surface area contributed by atoms with E-state index in [4.69, 9.17) is 4.74 Å². The Morgan fingerprint density at radius 1 is 1.45 bits per heavy atom. The molecule has 0 saturated carbocycles. The lowest BCUT2D eigenvalue weighted by atomic mass is 9.87. The minimum absolute atomic E-state index is 0.00563. The Kier molecular flexibility index (Phi) is 4.33. The molecule has 1 atom stereocenters. The predicted octanol–water partition coefficient (Wildman–Crippen LogP) is 2.32. The molecule has 0 bridgehead atoms. The minimum Gasteiger partial charge on any atom is -0.497 e. The number of methoxy groups -OCH3 is 1. The van der Waals surface area contributed by atoms with Gasteiger partial charge in [-0.3, -0.25) is 4.79 Å². The summed E-state index contributed by atoms with van der Waals surface area (Å²) in [5.74, 6) is 0.691. The first-order chi connectivity index (χ1) is 9.41. The summed E-state index contributed by atoms with van der Waals surface area (Å²) in [5, 5.41) is 9.92. The van der Waals surface area contributed by atoms with Gasteiger partial charge in [-0.1, -0.05) is 19.9 Å². The summed E-state index contributed by atoms with van der Waals surface area (Å²) in [4.78, 5) is 14.4. The molecule has 4 nitrogen and oxygen atoms in total. The largest absolute Gasteiger partial charge is 0.497 e. The number of carbonyl (C=O) groups excluding carboxylic acids is 1. The maximum atomic E-state index is 12.6. The van der Waals surface area contributed by atoms with Crippen molar-refractivity contribution < 1.29 is 14.6 Å². The van der Waals surface area contributed by atoms with Gasteiger partial charge in [-0.2, -0.15) is 0 Å². The number of amides is 1. The minimum atomic E-state index is -0.326. The van der Waals surface area contributed by atoms with Crippen LogP contribution in [0.4, 0.5) is 0 Å². The van der Waals surface area contributed by atoms with Crippen LogP contribution in [0.1, 0.15) is 37.0 Å². The summed E-state index contributed by atoms with van der Waals surface area (Å²) in [6.07, 6.45) is 1.04. The van der Waals surface area contributed by atoms with Crippen molar-refractivity contribution in [1.29, 1.82) is 0 Å². The Hall–Kier alpha value is -1.55. The fraction of sp³-hybridized carbons (Fsp3) is 0.562. The highest BCUT2D eigenvalue weighted by Gasteiger charge is 2.31. The van der Waals surface area contributed by atoms with E-state index in [1.54, 1.807) is 19.2 Å². The normalized spacial score (nSPS) is 22.2. The van der Waals surface area contributed by atoms with Gasteiger partial charge in [0.25, 0.3) is 5.91 Å². The molecule has 2 rings (SSSR count). The van der Waals surface area contributed by atoms with Crippen LogP contribution >= 0.6 is 0 Å². The molecule has 1 heterocycles. The van der Waals surface area contributed by atoms with Crippen LogP contribution in [0.15, 0.2) is 24.3 Å². The van der Waals surface area contributed by atoms with Gasteiger partial charge in [-0.15, -0.1) is 0 Å². The average molecular weight is 277 g/mol. The van der Waals surface area contributed by atoms with Crippen molar-refractivity contribution in [1.82, 2.24) is 4.90 Å². The molecule has 1 aliphatic rings. The fourth-order valence-electron chi connectivity index (χ4n) is 2.82. The Bertz CT molecular complexity index is 484. The number of nitrogens with zero attached hydrogens (tertiary/aromatic N) is 1. The van der Waals surface area contributed by atoms with Crippen molar-refractivity contribution in [2.75, 3.05) is 20.2 Å². The van der Waals surface area contributed by atoms with Gasteiger partial charge < -0.3 is 14.7 Å². The predicted molar refractivity (Wildman–Crippen MR) is 77.9 cm³/mol. The molecule has 0 spiro atoms. The van der Waals surface area contributed by atoms with Crippen LogP contribution < -0.4 is 4.74 Å². The summed E-state index contributed by atoms with van der Waals surface area (Å²) >= 11 is 0. The van der Waals surface area contributed by atoms with E-state index in [0.717, 1.165) is 6.42 Å². The molecule has 1 aliphatic heterocycles. The van der Waals surface area contributed by atoms with Crippen molar-refractivity contribution in [2.24, 2.45) is 5.41 Å². The maximum Gasteiger partial charge on any atom is 0.254 e. The zero-order valence-electron chi connectivity index (χ0n) is 12.4. The number of aliphatic hydroxyl groups excluding tert-OH is 1. The van der Waals surface area contributed by atoms with Crippen molar-refractivity contribution in [3.05, 3.63) is 29.8 Å². The molecule has 1 aromatic rings. The van der Waals surface area contributed by atoms with Gasteiger partial charge in [0.05, 0.1) is 13.2 Å². The molecule has 110 valence electrons. The van der Waals surface area contributed by atoms with Crippen molar-refractivity contribution >= 4 is 5.91 Å². The van der Waals surface area contributed by atoms with E-state index in [0.29, 0.717) is 30.8 Å². The zero-order chi connectivity index (χ0) is 14.8. The first-order valence-electron chi connectivity index (χ1n) is 7.03. The third-order valence-electron chi connectivity index (χ3n) is 3.74. The number of aliphatic hydroxyl groups is 1. The van der Waals surface area contributed by atoms with Crippen LogP contribution in [0.3, 0.4) is 0 Å². The number of ether oxygens (including phenoxy) is 1. The molecule has 1 unspecified atom stereocenters. The SMILES string of the molecule is COc1cccc(C(=O)N2CCC(O)CC(C)(C)C2)c1. The first kappa shape index (κ1) is 14.9. The molecule has 1 fully saturated rings. The third-order valence-corrected chi connectivity index (χ3v) is 3.74. The summed E-state index contributed by atoms with van der Waals surface area (Å²) in [5.41, 5.74) is 0.571. The van der Waals surface area contributed by atoms with Crippen molar-refractivity contribution in [3.8, 4) is 5.75 Å². The van der Waals surface area contributed by atoms with Crippen molar-refractivity contribution in [3.63, 3.8) is 0 Å². The number of likely N-dealkylation sites (tertiary alicyclic amines) is 1. The molecular formula is C16H23NO3. The van der Waals surface area contributed by atoms with Gasteiger partial charge in [-0.25, -0.2) is 0 Å². The Labute approximate surface area is 120 Å². The maximum absolute atomic E-state index is 12.6. The van der Waals surface area contributed by atoms with E-state index in [1.165, 1.54) is 0 Å². The van der Waals surface area contributed by atoms with Crippen LogP contribution in [0.2, 0.25) is 0 Å². The number of hydrogen-bond acceptors (Lipinski definition) is 3. The smallest absolute Gasteiger partial charge is 0.254 e. The lowest BCUT2D eigenvalue weighted by Crippen LogP contribution is -2.37. The van der Waals surface area contributed by atoms with Crippen LogP contribution in [-0.2, 0) is 0 Å². The van der Waals surface area contributed by atoms with Gasteiger partial charge in [0.2, 0.25) is 0 Å². The highest BCUT2D eigenvalue weighted by Crippen LogP contribution is 2.29. The second-order valence-electron chi connectivity index (χ2n) is 6.27. The molecule has 1 N–H and O–H groups in total. The third kappa shape index (κ3) is 3.51. The van der Waals surface area contributed by atoms with Gasteiger partial charge in [0, 0.05) is 18.7 Å². The highest BCUT2D eigenvalue weighted by atomic mass is 16.5. The van der Waals surface area contributed by atoms with Crippen LogP contribution in [0.5, 0.6) is 5.75 Å². The van der Waals surface area contributed by atoms with Gasteiger partial charge >= 0.3 is 0 Å². The molecular weight excluding hydrogens is 254 g/mol. The highest BCUT2D eigenvalue weighted by molar-refractivity contribution is 5.94. The molecule has 20 heavy (non-hydrogen) atoms. The fourth-order valence-corrected chi connectivity index (χ4v) is 2.82. The second-order valence-corrected chi connectivity index (χ2v) is 6.27. The standard InChI is InChI=1S/C16H23NO3/c1-16(2)10-13(18)7-8-17(11-16)15(19)12-5-4-6-14(9-12)20-3/h4-6,9,13,18H,7-8,10-11H2,1-3H3. The number of carbonyl (C=O) groups is 1. The van der Waals surface area contributed by atoms with Crippen LogP contribution in [0.25, 0.3) is 0 Å². The summed E-state index contributed by atoms with van der Waals surface area (Å²) in [6.45, 7) is 5.45. The first-order valence-corrected chi connectivity index (χ1v) is 7.03. The summed E-state index contributed by atoms with van der Waals surface area (Å²) in [6, 6.07) is 7.21. The lowest BCUT2D eigenvalue weighted by Gasteiger charge is -2.29. The number of hydrogen-bond donors (Lipinski definition) is 1. The van der Waals surface area contributed by atoms with E-state index in [-0.39, 0.29) is 17.4 Å². The summed E-state index contributed by atoms with van der Waals surface area (Å²) in [7, 11) is 1.59. The van der Waals surface area contributed by atoms with E-state index >= 15 is 0 Å². The molecule has 0 aliphatic carbocycles. The quantitative estimate of drug-likeness (QED) is 0.902. The zero-order valence-corrected chi connectivity index (χ0v) is 12.4. The Morgan fingerprint density at radius 3 is 2.90 bits per heavy atom. The lowest BCUT2D eigenvalue weighted by molar-refractivity contribution is 0.0704. The van der Waals surface area contributed by atoms with Crippen LogP contribution in [0, 0.1) is 5.41 Å². The molecule has 1 saturated heterocycles. The van der Waals surface area contributed by atoms with Crippen LogP contribution in [-0.4, -0.2) is 42.2 Å². The molecule has 1 aromatic carbocycles. The average Bonchev–Trinajstić information content (AvgIpc) is 2.55. The number of rotatable bonds is 2. The molecule has 1 amide bonds. The van der Waals surface area contributed by atoms with Crippen molar-refractivity contribution in [2.45, 2.75) is 32.8 Å². The number of benzene rings is 1. The molecule has 0 aromatic heterocycles. The van der Waals surface area contributed by atoms with E-state index in [2.05, 4.69) is 13.8 Å². The van der Waals surface area contributed by atoms with Gasteiger partial charge in [-0.05, 0) is 36.5 Å². The second kappa shape index (κ2) is 5.83. The Morgan fingerprint density at radius 2 is 2.20 bits per heavy atom. The topological polar surface area (TPSA) is 49.8 Å². The van der Waals surface area contributed by atoms with E-state index in [9.17, 15) is 9.90 Å². The summed E-state index contributed by atoms with van der Waals surface area (Å²) < 4.78 is 5.16. The monoisotopic (exact) mass is 277 g/mol. The van der Waals surface area contributed by atoms with Gasteiger partial charge in [0.1, 0.15) is 5.75 Å². The van der Waals surface area contributed by atoms with Gasteiger partial charge in [0.15, 0.2) is 0 Å².